The third kappa shape index (κ3) is 2.70. The molecule has 1 aliphatic carbocycles. The van der Waals surface area contributed by atoms with Gasteiger partial charge in [-0.25, -0.2) is 0 Å². The van der Waals surface area contributed by atoms with Crippen molar-refractivity contribution in [3.8, 4) is 0 Å². The van der Waals surface area contributed by atoms with Crippen LogP contribution in [0.1, 0.15) is 32.6 Å². The molecule has 0 radical (unpaired) electrons. The summed E-state index contributed by atoms with van der Waals surface area (Å²) in [6.45, 7) is 1.66. The average Bonchev–Trinajstić information content (AvgIpc) is 2.35. The van der Waals surface area contributed by atoms with Gasteiger partial charge in [-0.15, -0.1) is 0 Å². The van der Waals surface area contributed by atoms with Gasteiger partial charge >= 0.3 is 5.97 Å². The summed E-state index contributed by atoms with van der Waals surface area (Å²) in [6, 6.07) is 0. The van der Waals surface area contributed by atoms with Gasteiger partial charge in [-0.2, -0.15) is 0 Å². The molecule has 0 aromatic rings. The second-order valence-corrected chi connectivity index (χ2v) is 3.58. The molecule has 0 heterocycles. The van der Waals surface area contributed by atoms with E-state index in [1.54, 1.807) is 6.92 Å². The van der Waals surface area contributed by atoms with Crippen molar-refractivity contribution < 1.29 is 9.53 Å². The molecule has 0 aromatic heterocycles. The van der Waals surface area contributed by atoms with Crippen LogP contribution in [0.2, 0.25) is 0 Å². The largest absolute Gasteiger partial charge is 0.446 e. The summed E-state index contributed by atoms with van der Waals surface area (Å²) in [5.41, 5.74) is -0.483. The molecule has 64 valence electrons. The van der Waals surface area contributed by atoms with Crippen LogP contribution >= 0.6 is 11.6 Å². The summed E-state index contributed by atoms with van der Waals surface area (Å²) >= 11 is 5.51. The highest BCUT2D eigenvalue weighted by Gasteiger charge is 2.24. The van der Waals surface area contributed by atoms with Crippen molar-refractivity contribution in [3.63, 3.8) is 0 Å². The molecule has 1 unspecified atom stereocenters. The van der Waals surface area contributed by atoms with Crippen LogP contribution in [0.3, 0.4) is 0 Å². The molecule has 0 N–H and O–H groups in total. The Morgan fingerprint density at radius 3 is 2.55 bits per heavy atom. The topological polar surface area (TPSA) is 26.3 Å². The summed E-state index contributed by atoms with van der Waals surface area (Å²) in [7, 11) is 0. The molecule has 11 heavy (non-hydrogen) atoms. The minimum Gasteiger partial charge on any atom is -0.446 e. The summed E-state index contributed by atoms with van der Waals surface area (Å²) < 4.78 is 4.86. The minimum absolute atomic E-state index is 0.120. The first-order valence-corrected chi connectivity index (χ1v) is 4.48. The van der Waals surface area contributed by atoms with Gasteiger partial charge in [-0.1, -0.05) is 24.4 Å². The molecule has 0 aromatic carbocycles. The fraction of sp³-hybridized carbons (Fsp3) is 0.875. The first-order chi connectivity index (χ1) is 5.20. The number of halogens is 1. The van der Waals surface area contributed by atoms with Crippen LogP contribution in [0, 0.1) is 5.92 Å². The zero-order valence-corrected chi connectivity index (χ0v) is 7.43. The minimum atomic E-state index is -0.483. The zero-order chi connectivity index (χ0) is 8.27. The molecule has 2 nitrogen and oxygen atoms in total. The molecular formula is C8H13ClO2. The number of rotatable bonds is 2. The maximum atomic E-state index is 11.1. The summed E-state index contributed by atoms with van der Waals surface area (Å²) in [6.07, 6.45) is 4.25. The second-order valence-electron chi connectivity index (χ2n) is 2.96. The van der Waals surface area contributed by atoms with E-state index < -0.39 is 5.56 Å². The number of alkyl halides is 1. The Hall–Kier alpha value is -0.240. The van der Waals surface area contributed by atoms with Crippen LogP contribution in [0.5, 0.6) is 0 Å². The van der Waals surface area contributed by atoms with Crippen molar-refractivity contribution >= 4 is 17.6 Å². The molecule has 1 aliphatic rings. The van der Waals surface area contributed by atoms with E-state index in [0.717, 1.165) is 25.7 Å². The number of carbonyl (C=O) groups excluding carboxylic acids is 1. The Kier molecular flexibility index (Phi) is 3.18. The summed E-state index contributed by atoms with van der Waals surface area (Å²) in [5.74, 6) is 0.00111. The molecular weight excluding hydrogens is 164 g/mol. The molecule has 0 aliphatic heterocycles. The van der Waals surface area contributed by atoms with E-state index in [2.05, 4.69) is 0 Å². The smallest absolute Gasteiger partial charge is 0.310 e. The van der Waals surface area contributed by atoms with Gasteiger partial charge in [0.25, 0.3) is 0 Å². The number of hydrogen-bond donors (Lipinski definition) is 0. The lowest BCUT2D eigenvalue weighted by molar-refractivity contribution is -0.149. The number of ether oxygens (including phenoxy) is 1. The Balaban J connectivity index is 2.28. The highest BCUT2D eigenvalue weighted by atomic mass is 35.5. The Morgan fingerprint density at radius 1 is 1.55 bits per heavy atom. The van der Waals surface area contributed by atoms with Crippen molar-refractivity contribution in [3.05, 3.63) is 0 Å². The normalized spacial score (nSPS) is 21.6. The molecule has 1 fully saturated rings. The van der Waals surface area contributed by atoms with Crippen LogP contribution in [-0.4, -0.2) is 11.5 Å². The van der Waals surface area contributed by atoms with Gasteiger partial charge in [0.2, 0.25) is 0 Å². The fourth-order valence-corrected chi connectivity index (χ4v) is 1.51. The lowest BCUT2D eigenvalue weighted by atomic mass is 10.1. The highest BCUT2D eigenvalue weighted by Crippen LogP contribution is 2.26. The molecule has 0 saturated heterocycles. The molecule has 3 heteroatoms. The van der Waals surface area contributed by atoms with Crippen molar-refractivity contribution in [2.75, 3.05) is 0 Å². The fourth-order valence-electron chi connectivity index (χ4n) is 1.42. The SMILES string of the molecule is CC(Cl)OC(=O)C1CCCC1. The van der Waals surface area contributed by atoms with E-state index >= 15 is 0 Å². The third-order valence-corrected chi connectivity index (χ3v) is 2.06. The summed E-state index contributed by atoms with van der Waals surface area (Å²) in [4.78, 5) is 11.1. The second kappa shape index (κ2) is 3.96. The third-order valence-electron chi connectivity index (χ3n) is 1.97. The average molecular weight is 177 g/mol. The van der Waals surface area contributed by atoms with Crippen molar-refractivity contribution in [2.24, 2.45) is 5.92 Å². The Bertz CT molecular complexity index is 139. The van der Waals surface area contributed by atoms with Crippen LogP contribution in [-0.2, 0) is 9.53 Å². The number of carbonyl (C=O) groups is 1. The lowest BCUT2D eigenvalue weighted by Crippen LogP contribution is -2.17. The van der Waals surface area contributed by atoms with Crippen molar-refractivity contribution in [1.82, 2.24) is 0 Å². The van der Waals surface area contributed by atoms with E-state index in [0.29, 0.717) is 0 Å². The molecule has 0 amide bonds. The van der Waals surface area contributed by atoms with Gasteiger partial charge in [-0.05, 0) is 19.8 Å². The number of hydrogen-bond acceptors (Lipinski definition) is 2. The molecule has 1 rings (SSSR count). The van der Waals surface area contributed by atoms with Gasteiger partial charge in [0.05, 0.1) is 5.92 Å². The molecule has 0 spiro atoms. The maximum Gasteiger partial charge on any atom is 0.310 e. The predicted octanol–water partition coefficient (Wildman–Crippen LogP) is 2.30. The lowest BCUT2D eigenvalue weighted by Gasteiger charge is -2.10. The Morgan fingerprint density at radius 2 is 2.09 bits per heavy atom. The van der Waals surface area contributed by atoms with Gasteiger partial charge in [0, 0.05) is 0 Å². The monoisotopic (exact) mass is 176 g/mol. The standard InChI is InChI=1S/C8H13ClO2/c1-6(9)11-8(10)7-4-2-3-5-7/h6-7H,2-5H2,1H3. The van der Waals surface area contributed by atoms with Crippen LogP contribution in [0.25, 0.3) is 0 Å². The van der Waals surface area contributed by atoms with Gasteiger partial charge in [0.15, 0.2) is 5.56 Å². The first kappa shape index (κ1) is 8.85. The zero-order valence-electron chi connectivity index (χ0n) is 6.68. The first-order valence-electron chi connectivity index (χ1n) is 4.04. The van der Waals surface area contributed by atoms with Gasteiger partial charge in [-0.3, -0.25) is 4.79 Å². The van der Waals surface area contributed by atoms with E-state index in [4.69, 9.17) is 16.3 Å². The van der Waals surface area contributed by atoms with Crippen LogP contribution < -0.4 is 0 Å². The quantitative estimate of drug-likeness (QED) is 0.477. The molecule has 1 atom stereocenters. The highest BCUT2D eigenvalue weighted by molar-refractivity contribution is 6.19. The van der Waals surface area contributed by atoms with Crippen LogP contribution in [0.15, 0.2) is 0 Å². The van der Waals surface area contributed by atoms with E-state index in [9.17, 15) is 4.79 Å². The van der Waals surface area contributed by atoms with E-state index in [-0.39, 0.29) is 11.9 Å². The summed E-state index contributed by atoms with van der Waals surface area (Å²) in [5, 5.41) is 0. The van der Waals surface area contributed by atoms with Crippen molar-refractivity contribution in [1.29, 1.82) is 0 Å². The van der Waals surface area contributed by atoms with Crippen LogP contribution in [0.4, 0.5) is 0 Å². The van der Waals surface area contributed by atoms with Gasteiger partial charge < -0.3 is 4.74 Å². The van der Waals surface area contributed by atoms with Crippen molar-refractivity contribution in [2.45, 2.75) is 38.2 Å². The van der Waals surface area contributed by atoms with Gasteiger partial charge in [0.1, 0.15) is 0 Å². The van der Waals surface area contributed by atoms with E-state index in [1.165, 1.54) is 0 Å². The molecule has 0 bridgehead atoms. The maximum absolute atomic E-state index is 11.1. The Labute approximate surface area is 71.9 Å². The number of esters is 1. The molecule has 1 saturated carbocycles. The predicted molar refractivity (Wildman–Crippen MR) is 43.4 cm³/mol. The van der Waals surface area contributed by atoms with E-state index in [1.807, 2.05) is 0 Å².